The smallest absolute Gasteiger partial charge is 0.264 e. The molecule has 7 heteroatoms. The van der Waals surface area contributed by atoms with Crippen LogP contribution >= 0.6 is 11.3 Å². The van der Waals surface area contributed by atoms with E-state index in [1.165, 1.54) is 11.3 Å². The van der Waals surface area contributed by atoms with Gasteiger partial charge in [0.1, 0.15) is 5.75 Å². The maximum Gasteiger partial charge on any atom is 0.264 e. The summed E-state index contributed by atoms with van der Waals surface area (Å²) in [5, 5.41) is 3.42. The van der Waals surface area contributed by atoms with Crippen LogP contribution in [0.15, 0.2) is 36.4 Å². The summed E-state index contributed by atoms with van der Waals surface area (Å²) in [5.74, 6) is 2.06. The molecule has 1 amide bonds. The van der Waals surface area contributed by atoms with E-state index < -0.39 is 0 Å². The highest BCUT2D eigenvalue weighted by Gasteiger charge is 2.16. The molecule has 3 aromatic rings. The van der Waals surface area contributed by atoms with Gasteiger partial charge in [0.15, 0.2) is 23.2 Å². The third kappa shape index (κ3) is 4.35. The molecule has 29 heavy (non-hydrogen) atoms. The number of aromatic nitrogens is 1. The molecule has 1 aliphatic rings. The Labute approximate surface area is 173 Å². The van der Waals surface area contributed by atoms with Crippen LogP contribution < -0.4 is 19.5 Å². The summed E-state index contributed by atoms with van der Waals surface area (Å²) in [6, 6.07) is 11.8. The van der Waals surface area contributed by atoms with Crippen LogP contribution in [-0.4, -0.2) is 24.3 Å². The molecule has 4 rings (SSSR count). The molecule has 2 heterocycles. The summed E-state index contributed by atoms with van der Waals surface area (Å²) in [6.45, 7) is 6.09. The van der Waals surface area contributed by atoms with Crippen LogP contribution in [0, 0.1) is 20.8 Å². The van der Waals surface area contributed by atoms with Gasteiger partial charge in [-0.2, -0.15) is 0 Å². The third-order valence-corrected chi connectivity index (χ3v) is 5.77. The SMILES string of the molecule is Cc1cccc(C)c1OCC(=O)Nc1nc(C)c(Cc2ccc3c(c2)OCO3)s1. The molecular weight excluding hydrogens is 388 g/mol. The fourth-order valence-corrected chi connectivity index (χ4v) is 4.21. The molecule has 150 valence electrons. The maximum absolute atomic E-state index is 12.3. The van der Waals surface area contributed by atoms with Crippen molar-refractivity contribution in [3.05, 3.63) is 63.7 Å². The van der Waals surface area contributed by atoms with Crippen LogP contribution in [0.5, 0.6) is 17.2 Å². The number of fused-ring (bicyclic) bond motifs is 1. The van der Waals surface area contributed by atoms with E-state index >= 15 is 0 Å². The minimum Gasteiger partial charge on any atom is -0.483 e. The Morgan fingerprint density at radius 3 is 2.69 bits per heavy atom. The lowest BCUT2D eigenvalue weighted by Gasteiger charge is -2.11. The van der Waals surface area contributed by atoms with Gasteiger partial charge >= 0.3 is 0 Å². The van der Waals surface area contributed by atoms with E-state index in [9.17, 15) is 4.79 Å². The molecular formula is C22H22N2O4S. The van der Waals surface area contributed by atoms with E-state index in [0.29, 0.717) is 5.13 Å². The van der Waals surface area contributed by atoms with Crippen molar-refractivity contribution >= 4 is 22.4 Å². The Balaban J connectivity index is 1.38. The van der Waals surface area contributed by atoms with E-state index in [0.717, 1.165) is 50.9 Å². The maximum atomic E-state index is 12.3. The zero-order valence-corrected chi connectivity index (χ0v) is 17.4. The number of para-hydroxylation sites is 1. The zero-order chi connectivity index (χ0) is 20.4. The van der Waals surface area contributed by atoms with Crippen molar-refractivity contribution in [2.75, 3.05) is 18.7 Å². The summed E-state index contributed by atoms with van der Waals surface area (Å²) in [5.41, 5.74) is 4.03. The van der Waals surface area contributed by atoms with E-state index in [-0.39, 0.29) is 19.3 Å². The molecule has 0 saturated heterocycles. The number of carbonyl (C=O) groups is 1. The Morgan fingerprint density at radius 2 is 1.90 bits per heavy atom. The second kappa shape index (κ2) is 8.13. The number of nitrogens with zero attached hydrogens (tertiary/aromatic N) is 1. The first-order chi connectivity index (χ1) is 14.0. The molecule has 0 bridgehead atoms. The van der Waals surface area contributed by atoms with Crippen molar-refractivity contribution in [1.82, 2.24) is 4.98 Å². The highest BCUT2D eigenvalue weighted by atomic mass is 32.1. The van der Waals surface area contributed by atoms with E-state index in [1.807, 2.05) is 57.2 Å². The minimum atomic E-state index is -0.226. The van der Waals surface area contributed by atoms with Gasteiger partial charge in [0.2, 0.25) is 6.79 Å². The van der Waals surface area contributed by atoms with Gasteiger partial charge in [-0.1, -0.05) is 24.3 Å². The van der Waals surface area contributed by atoms with Gasteiger partial charge in [-0.15, -0.1) is 11.3 Å². The highest BCUT2D eigenvalue weighted by Crippen LogP contribution is 2.34. The van der Waals surface area contributed by atoms with Crippen LogP contribution in [0.25, 0.3) is 0 Å². The normalized spacial score (nSPS) is 12.1. The fourth-order valence-electron chi connectivity index (χ4n) is 3.20. The first-order valence-corrected chi connectivity index (χ1v) is 10.1. The minimum absolute atomic E-state index is 0.0538. The second-order valence-electron chi connectivity index (χ2n) is 6.95. The summed E-state index contributed by atoms with van der Waals surface area (Å²) < 4.78 is 16.5. The fraction of sp³-hybridized carbons (Fsp3) is 0.273. The van der Waals surface area contributed by atoms with Gasteiger partial charge in [-0.25, -0.2) is 4.98 Å². The lowest BCUT2D eigenvalue weighted by Crippen LogP contribution is -2.20. The average molecular weight is 410 g/mol. The standard InChI is InChI=1S/C22H22N2O4S/c1-13-5-4-6-14(2)21(13)26-11-20(25)24-22-23-15(3)19(29-22)10-16-7-8-17-18(9-16)28-12-27-17/h4-9H,10-12H2,1-3H3,(H,23,24,25). The Kier molecular flexibility index (Phi) is 5.40. The number of thiazole rings is 1. The van der Waals surface area contributed by atoms with Gasteiger partial charge in [0.25, 0.3) is 5.91 Å². The summed E-state index contributed by atoms with van der Waals surface area (Å²) in [6.07, 6.45) is 0.717. The molecule has 2 aromatic carbocycles. The largest absolute Gasteiger partial charge is 0.483 e. The van der Waals surface area contributed by atoms with E-state index in [2.05, 4.69) is 10.3 Å². The lowest BCUT2D eigenvalue weighted by molar-refractivity contribution is -0.118. The molecule has 0 atom stereocenters. The Morgan fingerprint density at radius 1 is 1.14 bits per heavy atom. The van der Waals surface area contributed by atoms with E-state index in [4.69, 9.17) is 14.2 Å². The number of rotatable bonds is 6. The van der Waals surface area contributed by atoms with E-state index in [1.54, 1.807) is 0 Å². The number of anilines is 1. The summed E-state index contributed by atoms with van der Waals surface area (Å²) in [4.78, 5) is 17.9. The molecule has 6 nitrogen and oxygen atoms in total. The first kappa shape index (κ1) is 19.3. The number of hydrogen-bond donors (Lipinski definition) is 1. The van der Waals surface area contributed by atoms with Crippen molar-refractivity contribution in [1.29, 1.82) is 0 Å². The van der Waals surface area contributed by atoms with Crippen molar-refractivity contribution < 1.29 is 19.0 Å². The average Bonchev–Trinajstić information content (AvgIpc) is 3.27. The van der Waals surface area contributed by atoms with Crippen LogP contribution in [-0.2, 0) is 11.2 Å². The van der Waals surface area contributed by atoms with Gasteiger partial charge in [-0.05, 0) is 49.6 Å². The predicted molar refractivity (Wildman–Crippen MR) is 112 cm³/mol. The molecule has 0 saturated carbocycles. The number of carbonyl (C=O) groups excluding carboxylic acids is 1. The van der Waals surface area contributed by atoms with Gasteiger partial charge in [-0.3, -0.25) is 10.1 Å². The molecule has 0 radical (unpaired) electrons. The lowest BCUT2D eigenvalue weighted by atomic mass is 10.1. The highest BCUT2D eigenvalue weighted by molar-refractivity contribution is 7.15. The number of benzene rings is 2. The van der Waals surface area contributed by atoms with Gasteiger partial charge in [0, 0.05) is 11.3 Å². The monoisotopic (exact) mass is 410 g/mol. The van der Waals surface area contributed by atoms with Crippen molar-refractivity contribution in [3.63, 3.8) is 0 Å². The van der Waals surface area contributed by atoms with Gasteiger partial charge in [0.05, 0.1) is 5.69 Å². The summed E-state index contributed by atoms with van der Waals surface area (Å²) in [7, 11) is 0. The van der Waals surface area contributed by atoms with Gasteiger partial charge < -0.3 is 14.2 Å². The molecule has 0 spiro atoms. The molecule has 1 aromatic heterocycles. The third-order valence-electron chi connectivity index (χ3n) is 4.70. The van der Waals surface area contributed by atoms with Crippen molar-refractivity contribution in [3.8, 4) is 17.2 Å². The van der Waals surface area contributed by atoms with Crippen LogP contribution in [0.3, 0.4) is 0 Å². The molecule has 0 fully saturated rings. The topological polar surface area (TPSA) is 69.7 Å². The number of hydrogen-bond acceptors (Lipinski definition) is 6. The Bertz CT molecular complexity index is 1040. The molecule has 1 N–H and O–H groups in total. The summed E-state index contributed by atoms with van der Waals surface area (Å²) >= 11 is 1.47. The molecule has 0 aliphatic carbocycles. The second-order valence-corrected chi connectivity index (χ2v) is 8.03. The number of amides is 1. The van der Waals surface area contributed by atoms with Crippen molar-refractivity contribution in [2.45, 2.75) is 27.2 Å². The van der Waals surface area contributed by atoms with Crippen LogP contribution in [0.2, 0.25) is 0 Å². The Hall–Kier alpha value is -3.06. The van der Waals surface area contributed by atoms with Crippen LogP contribution in [0.1, 0.15) is 27.3 Å². The molecule has 0 unspecified atom stereocenters. The number of aryl methyl sites for hydroxylation is 3. The van der Waals surface area contributed by atoms with Crippen molar-refractivity contribution in [2.24, 2.45) is 0 Å². The predicted octanol–water partition coefficient (Wildman–Crippen LogP) is 4.41. The van der Waals surface area contributed by atoms with Crippen LogP contribution in [0.4, 0.5) is 5.13 Å². The molecule has 1 aliphatic heterocycles. The first-order valence-electron chi connectivity index (χ1n) is 9.33. The number of nitrogens with one attached hydrogen (secondary N) is 1. The quantitative estimate of drug-likeness (QED) is 0.652. The zero-order valence-electron chi connectivity index (χ0n) is 16.6. The number of ether oxygens (including phenoxy) is 3.